The molecule has 0 atom stereocenters. The zero-order valence-corrected chi connectivity index (χ0v) is 12.7. The van der Waals surface area contributed by atoms with E-state index in [0.29, 0.717) is 6.04 Å². The second-order valence-electron chi connectivity index (χ2n) is 5.61. The number of nitrogens with one attached hydrogen (secondary N) is 1. The van der Waals surface area contributed by atoms with Crippen LogP contribution in [0.2, 0.25) is 0 Å². The Bertz CT molecular complexity index is 510. The van der Waals surface area contributed by atoms with Crippen LogP contribution in [0.15, 0.2) is 24.3 Å². The van der Waals surface area contributed by atoms with Gasteiger partial charge in [-0.1, -0.05) is 0 Å². The van der Waals surface area contributed by atoms with Crippen molar-refractivity contribution in [2.45, 2.75) is 25.3 Å². The summed E-state index contributed by atoms with van der Waals surface area (Å²) >= 11 is 0. The molecular formula is C16H22N4O. The second kappa shape index (κ2) is 7.09. The molecule has 0 aliphatic carbocycles. The minimum atomic E-state index is -0.267. The maximum Gasteiger partial charge on any atom is 0.238 e. The Labute approximate surface area is 126 Å². The molecular weight excluding hydrogens is 264 g/mol. The molecule has 1 aliphatic rings. The van der Waals surface area contributed by atoms with Crippen LogP contribution in [-0.2, 0) is 4.79 Å². The van der Waals surface area contributed by atoms with Crippen LogP contribution in [0.4, 0.5) is 11.4 Å². The van der Waals surface area contributed by atoms with Crippen LogP contribution in [-0.4, -0.2) is 44.0 Å². The van der Waals surface area contributed by atoms with Gasteiger partial charge in [-0.25, -0.2) is 0 Å². The molecule has 2 rings (SSSR count). The predicted octanol–water partition coefficient (Wildman–Crippen LogP) is 2.07. The zero-order chi connectivity index (χ0) is 15.2. The quantitative estimate of drug-likeness (QED) is 0.920. The fourth-order valence-corrected chi connectivity index (χ4v) is 2.67. The van der Waals surface area contributed by atoms with E-state index in [1.165, 1.54) is 18.5 Å². The summed E-state index contributed by atoms with van der Waals surface area (Å²) in [5.41, 5.74) is 1.92. The normalized spacial score (nSPS) is 15.8. The van der Waals surface area contributed by atoms with E-state index in [1.54, 1.807) is 0 Å². The van der Waals surface area contributed by atoms with E-state index in [1.807, 2.05) is 30.3 Å². The summed E-state index contributed by atoms with van der Waals surface area (Å²) in [4.78, 5) is 16.0. The van der Waals surface area contributed by atoms with Crippen LogP contribution in [0.3, 0.4) is 0 Å². The summed E-state index contributed by atoms with van der Waals surface area (Å²) in [6, 6.07) is 10.3. The first-order chi connectivity index (χ1) is 10.1. The lowest BCUT2D eigenvalue weighted by Gasteiger charge is -2.36. The Morgan fingerprint density at radius 2 is 1.95 bits per heavy atom. The van der Waals surface area contributed by atoms with Gasteiger partial charge in [0.15, 0.2) is 0 Å². The zero-order valence-electron chi connectivity index (χ0n) is 12.7. The summed E-state index contributed by atoms with van der Waals surface area (Å²) in [5, 5.41) is 11.2. The van der Waals surface area contributed by atoms with Gasteiger partial charge in [0.25, 0.3) is 0 Å². The number of anilines is 2. The van der Waals surface area contributed by atoms with Crippen LogP contribution in [0.1, 0.15) is 19.3 Å². The maximum absolute atomic E-state index is 11.4. The highest BCUT2D eigenvalue weighted by atomic mass is 16.1. The number of carbonyl (C=O) groups excluding carboxylic acids is 1. The molecule has 1 fully saturated rings. The first-order valence-electron chi connectivity index (χ1n) is 7.28. The molecule has 1 aliphatic heterocycles. The molecule has 1 N–H and O–H groups in total. The van der Waals surface area contributed by atoms with Crippen molar-refractivity contribution in [2.24, 2.45) is 0 Å². The summed E-state index contributed by atoms with van der Waals surface area (Å²) in [6.07, 6.45) is 2.24. The first-order valence-corrected chi connectivity index (χ1v) is 7.28. The number of carbonyl (C=O) groups is 1. The average molecular weight is 286 g/mol. The Balaban J connectivity index is 1.91. The number of benzene rings is 1. The van der Waals surface area contributed by atoms with E-state index < -0.39 is 0 Å². The van der Waals surface area contributed by atoms with Crippen LogP contribution in [0.5, 0.6) is 0 Å². The summed E-state index contributed by atoms with van der Waals surface area (Å²) in [7, 11) is 4.28. The first kappa shape index (κ1) is 15.3. The number of hydrogen-bond acceptors (Lipinski definition) is 4. The van der Waals surface area contributed by atoms with Crippen LogP contribution >= 0.6 is 0 Å². The average Bonchev–Trinajstić information content (AvgIpc) is 2.48. The third kappa shape index (κ3) is 4.20. The van der Waals surface area contributed by atoms with Gasteiger partial charge in [-0.3, -0.25) is 4.79 Å². The fraction of sp³-hybridized carbons (Fsp3) is 0.500. The highest BCUT2D eigenvalue weighted by Gasteiger charge is 2.20. The maximum atomic E-state index is 11.4. The Morgan fingerprint density at radius 3 is 2.48 bits per heavy atom. The molecule has 1 aromatic rings. The van der Waals surface area contributed by atoms with Gasteiger partial charge in [-0.2, -0.15) is 5.26 Å². The Kier molecular flexibility index (Phi) is 5.18. The highest BCUT2D eigenvalue weighted by molar-refractivity contribution is 5.92. The van der Waals surface area contributed by atoms with Crippen molar-refractivity contribution in [1.82, 2.24) is 4.90 Å². The van der Waals surface area contributed by atoms with Gasteiger partial charge in [0, 0.05) is 30.5 Å². The van der Waals surface area contributed by atoms with E-state index in [2.05, 4.69) is 29.2 Å². The van der Waals surface area contributed by atoms with Gasteiger partial charge in [-0.15, -0.1) is 0 Å². The molecule has 112 valence electrons. The molecule has 0 spiro atoms. The minimum Gasteiger partial charge on any atom is -0.371 e. The van der Waals surface area contributed by atoms with Gasteiger partial charge in [0.05, 0.1) is 6.07 Å². The van der Waals surface area contributed by atoms with E-state index in [4.69, 9.17) is 5.26 Å². The van der Waals surface area contributed by atoms with Crippen LogP contribution in [0, 0.1) is 11.3 Å². The van der Waals surface area contributed by atoms with E-state index >= 15 is 0 Å². The lowest BCUT2D eigenvalue weighted by Crippen LogP contribution is -2.41. The molecule has 1 saturated heterocycles. The van der Waals surface area contributed by atoms with Crippen molar-refractivity contribution < 1.29 is 4.79 Å². The molecule has 0 aromatic heterocycles. The lowest BCUT2D eigenvalue weighted by atomic mass is 10.0. The van der Waals surface area contributed by atoms with E-state index in [-0.39, 0.29) is 12.3 Å². The second-order valence-corrected chi connectivity index (χ2v) is 5.61. The third-order valence-electron chi connectivity index (χ3n) is 3.95. The molecule has 0 radical (unpaired) electrons. The number of nitrogens with zero attached hydrogens (tertiary/aromatic N) is 3. The molecule has 0 bridgehead atoms. The van der Waals surface area contributed by atoms with E-state index in [9.17, 15) is 4.79 Å². The number of piperidine rings is 1. The van der Waals surface area contributed by atoms with Crippen molar-refractivity contribution in [3.8, 4) is 6.07 Å². The number of hydrogen-bond donors (Lipinski definition) is 1. The van der Waals surface area contributed by atoms with Gasteiger partial charge in [-0.05, 0) is 51.2 Å². The van der Waals surface area contributed by atoms with Gasteiger partial charge < -0.3 is 15.1 Å². The standard InChI is InChI=1S/C16H22N4O/c1-19(2)14-8-11-20(12-9-14)15-5-3-13(4-6-15)18-16(21)7-10-17/h3-6,14H,7-9,11-12H2,1-2H3,(H,18,21). The Hall–Kier alpha value is -2.06. The number of nitriles is 1. The van der Waals surface area contributed by atoms with Crippen molar-refractivity contribution in [1.29, 1.82) is 5.26 Å². The smallest absolute Gasteiger partial charge is 0.238 e. The highest BCUT2D eigenvalue weighted by Crippen LogP contribution is 2.23. The van der Waals surface area contributed by atoms with Crippen molar-refractivity contribution in [2.75, 3.05) is 37.4 Å². The monoisotopic (exact) mass is 286 g/mol. The summed E-state index contributed by atoms with van der Waals surface area (Å²) < 4.78 is 0. The molecule has 0 saturated carbocycles. The van der Waals surface area contributed by atoms with Crippen LogP contribution < -0.4 is 10.2 Å². The fourth-order valence-electron chi connectivity index (χ4n) is 2.67. The van der Waals surface area contributed by atoms with Crippen molar-refractivity contribution in [3.63, 3.8) is 0 Å². The molecule has 1 amide bonds. The molecule has 0 unspecified atom stereocenters. The summed E-state index contributed by atoms with van der Waals surface area (Å²) in [6.45, 7) is 2.12. The van der Waals surface area contributed by atoms with Crippen LogP contribution in [0.25, 0.3) is 0 Å². The topological polar surface area (TPSA) is 59.4 Å². The van der Waals surface area contributed by atoms with Gasteiger partial charge in [0.2, 0.25) is 5.91 Å². The number of rotatable bonds is 4. The lowest BCUT2D eigenvalue weighted by molar-refractivity contribution is -0.115. The number of amides is 1. The van der Waals surface area contributed by atoms with Gasteiger partial charge in [0.1, 0.15) is 6.42 Å². The molecule has 5 heteroatoms. The van der Waals surface area contributed by atoms with Crippen molar-refractivity contribution >= 4 is 17.3 Å². The SMILES string of the molecule is CN(C)C1CCN(c2ccc(NC(=O)CC#N)cc2)CC1. The largest absolute Gasteiger partial charge is 0.371 e. The Morgan fingerprint density at radius 1 is 1.33 bits per heavy atom. The minimum absolute atomic E-state index is 0.111. The molecule has 21 heavy (non-hydrogen) atoms. The van der Waals surface area contributed by atoms with Gasteiger partial charge >= 0.3 is 0 Å². The molecule has 5 nitrogen and oxygen atoms in total. The molecule has 1 aromatic carbocycles. The summed E-state index contributed by atoms with van der Waals surface area (Å²) in [5.74, 6) is -0.267. The van der Waals surface area contributed by atoms with Crippen molar-refractivity contribution in [3.05, 3.63) is 24.3 Å². The predicted molar refractivity (Wildman–Crippen MR) is 84.2 cm³/mol. The third-order valence-corrected chi connectivity index (χ3v) is 3.95. The van der Waals surface area contributed by atoms with E-state index in [0.717, 1.165) is 18.8 Å². The molecule has 1 heterocycles.